The highest BCUT2D eigenvalue weighted by atomic mass is 79.9. The van der Waals surface area contributed by atoms with Gasteiger partial charge in [-0.3, -0.25) is 0 Å². The summed E-state index contributed by atoms with van der Waals surface area (Å²) < 4.78 is 43.9. The first kappa shape index (κ1) is 14.4. The molecule has 0 aromatic heterocycles. The van der Waals surface area contributed by atoms with E-state index in [4.69, 9.17) is 4.74 Å². The SMILES string of the molecule is CC1(C)C=C(CBr)c2cc(C(F)(F)F)ccc2OC1. The van der Waals surface area contributed by atoms with Gasteiger partial charge < -0.3 is 4.74 Å². The molecule has 0 N–H and O–H groups in total. The predicted octanol–water partition coefficient (Wildman–Crippen LogP) is 4.90. The van der Waals surface area contributed by atoms with Crippen molar-refractivity contribution in [3.05, 3.63) is 35.4 Å². The van der Waals surface area contributed by atoms with Crippen molar-refractivity contribution in [3.63, 3.8) is 0 Å². The molecule has 1 heterocycles. The Morgan fingerprint density at radius 2 is 2.00 bits per heavy atom. The second-order valence-corrected chi connectivity index (χ2v) is 5.85. The van der Waals surface area contributed by atoms with E-state index in [9.17, 15) is 13.2 Å². The second kappa shape index (κ2) is 4.85. The van der Waals surface area contributed by atoms with Crippen LogP contribution in [0.15, 0.2) is 24.3 Å². The maximum Gasteiger partial charge on any atom is 0.416 e. The number of alkyl halides is 4. The Balaban J connectivity index is 2.56. The number of allylic oxidation sites excluding steroid dienone is 1. The minimum Gasteiger partial charge on any atom is -0.492 e. The summed E-state index contributed by atoms with van der Waals surface area (Å²) in [6, 6.07) is 3.61. The van der Waals surface area contributed by atoms with E-state index in [1.807, 2.05) is 19.9 Å². The van der Waals surface area contributed by atoms with Crippen molar-refractivity contribution in [3.8, 4) is 5.75 Å². The summed E-state index contributed by atoms with van der Waals surface area (Å²) >= 11 is 3.34. The van der Waals surface area contributed by atoms with Gasteiger partial charge in [0.1, 0.15) is 5.75 Å². The van der Waals surface area contributed by atoms with E-state index >= 15 is 0 Å². The van der Waals surface area contributed by atoms with Crippen LogP contribution in [0.1, 0.15) is 25.0 Å². The van der Waals surface area contributed by atoms with Crippen molar-refractivity contribution in [1.29, 1.82) is 0 Å². The Kier molecular flexibility index (Phi) is 3.69. The number of rotatable bonds is 1. The van der Waals surface area contributed by atoms with E-state index in [-0.39, 0.29) is 5.41 Å². The van der Waals surface area contributed by atoms with Crippen LogP contribution in [0, 0.1) is 5.41 Å². The first-order chi connectivity index (χ1) is 8.73. The summed E-state index contributed by atoms with van der Waals surface area (Å²) in [6.45, 7) is 4.43. The Labute approximate surface area is 118 Å². The molecule has 0 bridgehead atoms. The molecular weight excluding hydrogens is 321 g/mol. The van der Waals surface area contributed by atoms with Crippen molar-refractivity contribution in [1.82, 2.24) is 0 Å². The molecule has 1 aliphatic rings. The van der Waals surface area contributed by atoms with Gasteiger partial charge in [0.15, 0.2) is 0 Å². The molecule has 1 nitrogen and oxygen atoms in total. The van der Waals surface area contributed by atoms with Crippen LogP contribution in [0.5, 0.6) is 5.75 Å². The third-order valence-corrected chi connectivity index (χ3v) is 3.57. The van der Waals surface area contributed by atoms with E-state index in [0.29, 0.717) is 23.2 Å². The van der Waals surface area contributed by atoms with Crippen LogP contribution in [0.2, 0.25) is 0 Å². The number of hydrogen-bond donors (Lipinski definition) is 0. The molecular formula is C14H14BrF3O. The zero-order valence-corrected chi connectivity index (χ0v) is 12.2. The molecule has 1 aliphatic heterocycles. The summed E-state index contributed by atoms with van der Waals surface area (Å²) in [7, 11) is 0. The maximum absolute atomic E-state index is 12.8. The first-order valence-corrected chi connectivity index (χ1v) is 6.97. The van der Waals surface area contributed by atoms with E-state index in [1.165, 1.54) is 6.07 Å². The van der Waals surface area contributed by atoms with Crippen molar-refractivity contribution < 1.29 is 17.9 Å². The first-order valence-electron chi connectivity index (χ1n) is 5.85. The number of fused-ring (bicyclic) bond motifs is 1. The topological polar surface area (TPSA) is 9.23 Å². The Morgan fingerprint density at radius 3 is 2.58 bits per heavy atom. The molecule has 0 spiro atoms. The summed E-state index contributed by atoms with van der Waals surface area (Å²) in [6.07, 6.45) is -2.37. The molecule has 19 heavy (non-hydrogen) atoms. The van der Waals surface area contributed by atoms with Gasteiger partial charge in [-0.25, -0.2) is 0 Å². The minimum absolute atomic E-state index is 0.208. The summed E-state index contributed by atoms with van der Waals surface area (Å²) in [4.78, 5) is 0. The summed E-state index contributed by atoms with van der Waals surface area (Å²) in [5, 5.41) is 0.494. The van der Waals surface area contributed by atoms with Gasteiger partial charge in [0.2, 0.25) is 0 Å². The van der Waals surface area contributed by atoms with Crippen molar-refractivity contribution in [2.45, 2.75) is 20.0 Å². The van der Waals surface area contributed by atoms with Crippen molar-refractivity contribution in [2.75, 3.05) is 11.9 Å². The van der Waals surface area contributed by atoms with Crippen LogP contribution in [-0.2, 0) is 6.18 Å². The lowest BCUT2D eigenvalue weighted by Crippen LogP contribution is -2.17. The molecule has 0 unspecified atom stereocenters. The number of hydrogen-bond acceptors (Lipinski definition) is 1. The van der Waals surface area contributed by atoms with E-state index < -0.39 is 11.7 Å². The second-order valence-electron chi connectivity index (χ2n) is 5.29. The highest BCUT2D eigenvalue weighted by Crippen LogP contribution is 2.39. The van der Waals surface area contributed by atoms with Crippen LogP contribution in [0.3, 0.4) is 0 Å². The van der Waals surface area contributed by atoms with Gasteiger partial charge in [0.05, 0.1) is 12.2 Å². The zero-order valence-electron chi connectivity index (χ0n) is 10.6. The fraction of sp³-hybridized carbons (Fsp3) is 0.429. The molecule has 0 saturated carbocycles. The molecule has 2 rings (SSSR count). The molecule has 0 aliphatic carbocycles. The molecule has 1 aromatic rings. The molecule has 5 heteroatoms. The Hall–Kier alpha value is -0.970. The van der Waals surface area contributed by atoms with Gasteiger partial charge in [0.25, 0.3) is 0 Å². The van der Waals surface area contributed by atoms with Gasteiger partial charge in [-0.05, 0) is 23.8 Å². The maximum atomic E-state index is 12.8. The third kappa shape index (κ3) is 3.14. The van der Waals surface area contributed by atoms with E-state index in [0.717, 1.165) is 17.7 Å². The summed E-state index contributed by atoms with van der Waals surface area (Å²) in [5.74, 6) is 0.504. The number of halogens is 4. The van der Waals surface area contributed by atoms with Crippen LogP contribution >= 0.6 is 15.9 Å². The highest BCUT2D eigenvalue weighted by molar-refractivity contribution is 9.09. The molecule has 0 saturated heterocycles. The smallest absolute Gasteiger partial charge is 0.416 e. The average Bonchev–Trinajstić information content (AvgIpc) is 2.44. The Bertz CT molecular complexity index is 518. The molecule has 0 fully saturated rings. The molecule has 104 valence electrons. The molecule has 1 aromatic carbocycles. The number of ether oxygens (including phenoxy) is 1. The van der Waals surface area contributed by atoms with Crippen LogP contribution in [0.4, 0.5) is 13.2 Å². The monoisotopic (exact) mass is 334 g/mol. The van der Waals surface area contributed by atoms with E-state index in [1.54, 1.807) is 0 Å². The predicted molar refractivity (Wildman–Crippen MR) is 72.5 cm³/mol. The summed E-state index contributed by atoms with van der Waals surface area (Å²) in [5.41, 5.74) is 0.475. The fourth-order valence-electron chi connectivity index (χ4n) is 2.05. The average molecular weight is 335 g/mol. The lowest BCUT2D eigenvalue weighted by atomic mass is 9.91. The molecule has 0 amide bonds. The van der Waals surface area contributed by atoms with Crippen LogP contribution < -0.4 is 4.74 Å². The normalized spacial score (nSPS) is 18.1. The zero-order chi connectivity index (χ0) is 14.3. The van der Waals surface area contributed by atoms with Gasteiger partial charge in [-0.2, -0.15) is 13.2 Å². The van der Waals surface area contributed by atoms with Gasteiger partial charge in [-0.15, -0.1) is 0 Å². The lowest BCUT2D eigenvalue weighted by molar-refractivity contribution is -0.137. The van der Waals surface area contributed by atoms with Crippen molar-refractivity contribution in [2.24, 2.45) is 5.41 Å². The fourth-order valence-corrected chi connectivity index (χ4v) is 2.51. The van der Waals surface area contributed by atoms with Crippen LogP contribution in [0.25, 0.3) is 5.57 Å². The lowest BCUT2D eigenvalue weighted by Gasteiger charge is -2.18. The van der Waals surface area contributed by atoms with E-state index in [2.05, 4.69) is 15.9 Å². The Morgan fingerprint density at radius 1 is 1.32 bits per heavy atom. The standard InChI is InChI=1S/C14H14BrF3O/c1-13(2)6-9(7-15)11-5-10(14(16,17)18)3-4-12(11)19-8-13/h3-6H,7-8H2,1-2H3. The van der Waals surface area contributed by atoms with Gasteiger partial charge in [0, 0.05) is 16.3 Å². The number of benzene rings is 1. The van der Waals surface area contributed by atoms with Crippen LogP contribution in [-0.4, -0.2) is 11.9 Å². The van der Waals surface area contributed by atoms with Gasteiger partial charge in [-0.1, -0.05) is 35.9 Å². The van der Waals surface area contributed by atoms with Crippen molar-refractivity contribution >= 4 is 21.5 Å². The quantitative estimate of drug-likeness (QED) is 0.663. The highest BCUT2D eigenvalue weighted by Gasteiger charge is 2.32. The third-order valence-electron chi connectivity index (χ3n) is 2.96. The largest absolute Gasteiger partial charge is 0.492 e. The molecule has 0 radical (unpaired) electrons. The minimum atomic E-state index is -4.34. The van der Waals surface area contributed by atoms with Gasteiger partial charge >= 0.3 is 6.18 Å². The molecule has 0 atom stereocenters.